The van der Waals surface area contributed by atoms with Crippen LogP contribution in [0.5, 0.6) is 0 Å². The summed E-state index contributed by atoms with van der Waals surface area (Å²) in [4.78, 5) is 23.8. The summed E-state index contributed by atoms with van der Waals surface area (Å²) < 4.78 is 4.83. The van der Waals surface area contributed by atoms with Gasteiger partial charge >= 0.3 is 6.09 Å². The van der Waals surface area contributed by atoms with Gasteiger partial charge in [0.05, 0.1) is 6.04 Å². The molecule has 5 heteroatoms. The van der Waals surface area contributed by atoms with Crippen LogP contribution in [0.15, 0.2) is 12.7 Å². The van der Waals surface area contributed by atoms with Crippen LogP contribution < -0.4 is 10.6 Å². The van der Waals surface area contributed by atoms with Crippen molar-refractivity contribution in [3.63, 3.8) is 0 Å². The predicted molar refractivity (Wildman–Crippen MR) is 94.5 cm³/mol. The summed E-state index contributed by atoms with van der Waals surface area (Å²) in [6, 6.07) is -0.164. The summed E-state index contributed by atoms with van der Waals surface area (Å²) in [5.41, 5.74) is -0.478. The van der Waals surface area contributed by atoms with E-state index in [4.69, 9.17) is 4.74 Å². The molecule has 0 saturated carbocycles. The Morgan fingerprint density at radius 1 is 1.13 bits per heavy atom. The van der Waals surface area contributed by atoms with E-state index in [0.717, 1.165) is 19.3 Å². The van der Waals surface area contributed by atoms with Gasteiger partial charge in [0.25, 0.3) is 0 Å². The van der Waals surface area contributed by atoms with Crippen LogP contribution in [0.4, 0.5) is 4.79 Å². The highest BCUT2D eigenvalue weighted by molar-refractivity contribution is 5.88. The number of hydrogen-bond donors (Lipinski definition) is 2. The Kier molecular flexibility index (Phi) is 9.13. The Morgan fingerprint density at radius 3 is 2.22 bits per heavy atom. The van der Waals surface area contributed by atoms with Crippen molar-refractivity contribution in [2.45, 2.75) is 72.4 Å². The van der Waals surface area contributed by atoms with Gasteiger partial charge in [0.15, 0.2) is 5.78 Å². The van der Waals surface area contributed by atoms with Crippen molar-refractivity contribution in [3.05, 3.63) is 12.7 Å². The number of alkyl carbamates (subject to hydrolysis) is 1. The Hall–Kier alpha value is -1.36. The molecule has 0 bridgehead atoms. The number of unbranched alkanes of at least 4 members (excludes halogenated alkanes) is 1. The fourth-order valence-electron chi connectivity index (χ4n) is 2.16. The molecule has 23 heavy (non-hydrogen) atoms. The lowest BCUT2D eigenvalue weighted by Crippen LogP contribution is -2.50. The number of ether oxygens (including phenoxy) is 1. The van der Waals surface area contributed by atoms with E-state index in [-0.39, 0.29) is 29.4 Å². The molecule has 134 valence electrons. The number of carbonyl (C=O) groups excluding carboxylic acids is 2. The van der Waals surface area contributed by atoms with E-state index in [1.165, 1.54) is 6.08 Å². The Balaban J connectivity index is 4.28. The summed E-state index contributed by atoms with van der Waals surface area (Å²) in [5.74, 6) is 0.228. The summed E-state index contributed by atoms with van der Waals surface area (Å²) in [7, 11) is 0. The number of hydrogen-bond acceptors (Lipinski definition) is 4. The average molecular weight is 326 g/mol. The lowest BCUT2D eigenvalue weighted by Gasteiger charge is -2.31. The minimum absolute atomic E-state index is 0.113. The lowest BCUT2D eigenvalue weighted by atomic mass is 9.84. The minimum Gasteiger partial charge on any atom is -0.445 e. The molecule has 0 radical (unpaired) electrons. The summed E-state index contributed by atoms with van der Waals surface area (Å²) in [5, 5.41) is 6.10. The third kappa shape index (κ3) is 10.9. The van der Waals surface area contributed by atoms with Crippen LogP contribution in [0, 0.1) is 5.41 Å². The number of Topliss-reactive ketones (excluding diaryl/α,β-unsaturated/α-hetero) is 1. The molecular weight excluding hydrogens is 292 g/mol. The number of amides is 1. The van der Waals surface area contributed by atoms with E-state index < -0.39 is 6.09 Å². The van der Waals surface area contributed by atoms with Crippen molar-refractivity contribution in [1.29, 1.82) is 0 Å². The molecule has 0 aliphatic heterocycles. The van der Waals surface area contributed by atoms with Crippen LogP contribution in [-0.2, 0) is 9.53 Å². The molecule has 0 heterocycles. The molecule has 1 atom stereocenters. The molecule has 0 aromatic rings. The third-order valence-electron chi connectivity index (χ3n) is 3.18. The van der Waals surface area contributed by atoms with E-state index in [0.29, 0.717) is 6.54 Å². The average Bonchev–Trinajstić information content (AvgIpc) is 2.40. The smallest absolute Gasteiger partial charge is 0.407 e. The first-order valence-corrected chi connectivity index (χ1v) is 8.31. The van der Waals surface area contributed by atoms with Gasteiger partial charge in [-0.05, 0) is 40.0 Å². The first kappa shape index (κ1) is 21.6. The Bertz CT molecular complexity index is 392. The van der Waals surface area contributed by atoms with E-state index in [1.54, 1.807) is 0 Å². The van der Waals surface area contributed by atoms with Crippen LogP contribution in [0.3, 0.4) is 0 Å². The van der Waals surface area contributed by atoms with Crippen molar-refractivity contribution >= 4 is 11.9 Å². The highest BCUT2D eigenvalue weighted by Crippen LogP contribution is 2.21. The Labute approximate surface area is 141 Å². The second kappa shape index (κ2) is 9.71. The van der Waals surface area contributed by atoms with Gasteiger partial charge in [-0.15, -0.1) is 0 Å². The van der Waals surface area contributed by atoms with E-state index in [1.807, 2.05) is 20.8 Å². The maximum atomic E-state index is 12.6. The highest BCUT2D eigenvalue weighted by atomic mass is 16.5. The topological polar surface area (TPSA) is 67.4 Å². The maximum Gasteiger partial charge on any atom is 0.407 e. The van der Waals surface area contributed by atoms with Crippen molar-refractivity contribution in [3.8, 4) is 0 Å². The van der Waals surface area contributed by atoms with Gasteiger partial charge in [-0.3, -0.25) is 4.79 Å². The zero-order valence-corrected chi connectivity index (χ0v) is 15.6. The van der Waals surface area contributed by atoms with Gasteiger partial charge < -0.3 is 15.4 Å². The lowest BCUT2D eigenvalue weighted by molar-refractivity contribution is -0.129. The molecule has 0 aliphatic carbocycles. The molecule has 2 N–H and O–H groups in total. The molecule has 0 aromatic heterocycles. The Morgan fingerprint density at radius 2 is 1.74 bits per heavy atom. The van der Waals surface area contributed by atoms with E-state index >= 15 is 0 Å². The molecular formula is C18H34N2O3. The van der Waals surface area contributed by atoms with Gasteiger partial charge in [0, 0.05) is 17.5 Å². The number of ketones is 1. The molecule has 0 aromatic carbocycles. The van der Waals surface area contributed by atoms with Crippen molar-refractivity contribution in [1.82, 2.24) is 10.6 Å². The fraction of sp³-hybridized carbons (Fsp3) is 0.778. The van der Waals surface area contributed by atoms with Crippen molar-refractivity contribution in [2.75, 3.05) is 13.2 Å². The van der Waals surface area contributed by atoms with Gasteiger partial charge in [0.1, 0.15) is 6.61 Å². The minimum atomic E-state index is -0.431. The van der Waals surface area contributed by atoms with Crippen molar-refractivity contribution < 1.29 is 14.3 Å². The first-order chi connectivity index (χ1) is 10.5. The normalized spacial score (nSPS) is 13.3. The molecule has 0 unspecified atom stereocenters. The second-order valence-electron chi connectivity index (χ2n) is 7.87. The molecule has 1 amide bonds. The molecule has 0 fully saturated rings. The molecule has 5 nitrogen and oxygen atoms in total. The molecule has 0 spiro atoms. The maximum absolute atomic E-state index is 12.6. The van der Waals surface area contributed by atoms with Gasteiger partial charge in [-0.25, -0.2) is 4.79 Å². The summed E-state index contributed by atoms with van der Waals surface area (Å²) >= 11 is 0. The predicted octanol–water partition coefficient (Wildman–Crippen LogP) is 3.44. The summed E-state index contributed by atoms with van der Waals surface area (Å²) in [6.45, 7) is 16.3. The first-order valence-electron chi connectivity index (χ1n) is 8.31. The largest absolute Gasteiger partial charge is 0.445 e. The number of nitrogens with one attached hydrogen (secondary N) is 2. The molecule has 0 rings (SSSR count). The van der Waals surface area contributed by atoms with E-state index in [2.05, 4.69) is 38.0 Å². The third-order valence-corrected chi connectivity index (χ3v) is 3.18. The SMILES string of the molecule is C=CCOC(=O)NCCCC[C@H](NC(C)(C)C)C(=O)C(C)(C)C. The standard InChI is InChI=1S/C18H34N2O3/c1-8-13-23-16(22)19-12-10-9-11-14(20-18(5,6)7)15(21)17(2,3)4/h8,14,20H,1,9-13H2,2-7H3,(H,19,22)/t14-/m0/s1. The zero-order chi connectivity index (χ0) is 18.1. The highest BCUT2D eigenvalue weighted by Gasteiger charge is 2.31. The zero-order valence-electron chi connectivity index (χ0n) is 15.6. The van der Waals surface area contributed by atoms with Gasteiger partial charge in [0.2, 0.25) is 0 Å². The van der Waals surface area contributed by atoms with Crippen LogP contribution in [0.25, 0.3) is 0 Å². The molecule has 0 aliphatic rings. The van der Waals surface area contributed by atoms with Gasteiger partial charge in [-0.2, -0.15) is 0 Å². The van der Waals surface area contributed by atoms with Crippen LogP contribution in [-0.4, -0.2) is 36.6 Å². The summed E-state index contributed by atoms with van der Waals surface area (Å²) in [6.07, 6.45) is 3.53. The van der Waals surface area contributed by atoms with Crippen LogP contribution >= 0.6 is 0 Å². The van der Waals surface area contributed by atoms with E-state index in [9.17, 15) is 9.59 Å². The second-order valence-corrected chi connectivity index (χ2v) is 7.87. The fourth-order valence-corrected chi connectivity index (χ4v) is 2.16. The van der Waals surface area contributed by atoms with Crippen LogP contribution in [0.2, 0.25) is 0 Å². The molecule has 0 saturated heterocycles. The number of carbonyl (C=O) groups is 2. The quantitative estimate of drug-likeness (QED) is 0.503. The van der Waals surface area contributed by atoms with Gasteiger partial charge in [-0.1, -0.05) is 33.4 Å². The number of rotatable bonds is 9. The van der Waals surface area contributed by atoms with Crippen LogP contribution in [0.1, 0.15) is 60.8 Å². The monoisotopic (exact) mass is 326 g/mol. The van der Waals surface area contributed by atoms with Crippen molar-refractivity contribution in [2.24, 2.45) is 5.41 Å².